The number of hydrogen-bond acceptors (Lipinski definition) is 5. The Balaban J connectivity index is 1.61. The first kappa shape index (κ1) is 23.5. The lowest BCUT2D eigenvalue weighted by Gasteiger charge is -2.28. The van der Waals surface area contributed by atoms with Gasteiger partial charge in [0.25, 0.3) is 11.8 Å². The van der Waals surface area contributed by atoms with Crippen LogP contribution in [-0.2, 0) is 16.2 Å². The molecule has 0 aromatic heterocycles. The van der Waals surface area contributed by atoms with E-state index in [9.17, 15) is 9.59 Å². The van der Waals surface area contributed by atoms with Crippen molar-refractivity contribution in [2.24, 2.45) is 0 Å². The minimum absolute atomic E-state index is 0.0374. The zero-order valence-electron chi connectivity index (χ0n) is 18.3. The van der Waals surface area contributed by atoms with Gasteiger partial charge in [-0.15, -0.1) is 0 Å². The van der Waals surface area contributed by atoms with Gasteiger partial charge in [0, 0.05) is 10.6 Å². The third-order valence-corrected chi connectivity index (χ3v) is 5.69. The van der Waals surface area contributed by atoms with E-state index in [2.05, 4.69) is 5.32 Å². The van der Waals surface area contributed by atoms with Crippen LogP contribution in [0.25, 0.3) is 6.08 Å². The van der Waals surface area contributed by atoms with Crippen LogP contribution in [0.15, 0.2) is 78.4 Å². The summed E-state index contributed by atoms with van der Waals surface area (Å²) in [5, 5.41) is 3.24. The number of carbonyl (C=O) groups is 2. The first-order valence-corrected chi connectivity index (χ1v) is 11.4. The molecule has 0 bridgehead atoms. The second kappa shape index (κ2) is 10.5. The fourth-order valence-corrected chi connectivity index (χ4v) is 3.88. The van der Waals surface area contributed by atoms with Crippen molar-refractivity contribution < 1.29 is 19.1 Å². The van der Waals surface area contributed by atoms with Crippen LogP contribution >= 0.6 is 23.8 Å². The molecule has 4 rings (SSSR count). The molecule has 2 amide bonds. The number of ether oxygens (including phenoxy) is 2. The van der Waals surface area contributed by atoms with Crippen LogP contribution in [0.2, 0.25) is 5.02 Å². The van der Waals surface area contributed by atoms with E-state index in [4.69, 9.17) is 33.3 Å². The van der Waals surface area contributed by atoms with Crippen LogP contribution in [0.4, 0.5) is 5.69 Å². The molecular formula is C26H21ClN2O4S. The summed E-state index contributed by atoms with van der Waals surface area (Å²) in [7, 11) is 0. The number of amides is 2. The number of benzene rings is 3. The van der Waals surface area contributed by atoms with Crippen molar-refractivity contribution in [2.75, 3.05) is 11.5 Å². The number of nitrogens with one attached hydrogen (secondary N) is 1. The van der Waals surface area contributed by atoms with Crippen molar-refractivity contribution in [1.29, 1.82) is 0 Å². The third-order valence-electron chi connectivity index (χ3n) is 5.04. The SMILES string of the molecule is CCOc1cc(/C=C2/C(=O)NC(=S)N(c3ccccc3)C2=O)ccc1OCc1ccccc1Cl. The van der Waals surface area contributed by atoms with E-state index < -0.39 is 11.8 Å². The number of anilines is 1. The maximum atomic E-state index is 13.2. The molecule has 6 nitrogen and oxygen atoms in total. The molecule has 34 heavy (non-hydrogen) atoms. The number of hydrogen-bond donors (Lipinski definition) is 1. The maximum absolute atomic E-state index is 13.2. The van der Waals surface area contributed by atoms with Crippen molar-refractivity contribution in [3.8, 4) is 11.5 Å². The normalized spacial score (nSPS) is 14.8. The molecule has 1 fully saturated rings. The van der Waals surface area contributed by atoms with E-state index in [-0.39, 0.29) is 17.3 Å². The summed E-state index contributed by atoms with van der Waals surface area (Å²) in [6.45, 7) is 2.54. The first-order valence-electron chi connectivity index (χ1n) is 10.6. The van der Waals surface area contributed by atoms with Crippen LogP contribution in [0.1, 0.15) is 18.1 Å². The standard InChI is InChI=1S/C26H21ClN2O4S/c1-2-32-23-15-17(12-13-22(23)33-16-18-8-6-7-11-21(18)27)14-20-24(30)28-26(34)29(25(20)31)19-9-4-3-5-10-19/h3-15H,2,16H2,1H3,(H,28,30,34)/b20-14-. The predicted molar refractivity (Wildman–Crippen MR) is 136 cm³/mol. The molecule has 0 radical (unpaired) electrons. The molecule has 0 saturated carbocycles. The van der Waals surface area contributed by atoms with Crippen LogP contribution in [0, 0.1) is 0 Å². The average Bonchev–Trinajstić information content (AvgIpc) is 2.83. The molecule has 1 aliphatic heterocycles. The van der Waals surface area contributed by atoms with Crippen LogP contribution < -0.4 is 19.7 Å². The van der Waals surface area contributed by atoms with Gasteiger partial charge >= 0.3 is 0 Å². The minimum atomic E-state index is -0.556. The molecule has 1 saturated heterocycles. The van der Waals surface area contributed by atoms with Crippen molar-refractivity contribution in [1.82, 2.24) is 5.32 Å². The average molecular weight is 493 g/mol. The van der Waals surface area contributed by atoms with Crippen LogP contribution in [0.5, 0.6) is 11.5 Å². The van der Waals surface area contributed by atoms with E-state index in [0.29, 0.717) is 34.4 Å². The van der Waals surface area contributed by atoms with E-state index >= 15 is 0 Å². The summed E-state index contributed by atoms with van der Waals surface area (Å²) in [5.41, 5.74) is 1.98. The lowest BCUT2D eigenvalue weighted by molar-refractivity contribution is -0.122. The minimum Gasteiger partial charge on any atom is -0.490 e. The third kappa shape index (κ3) is 5.11. The van der Waals surface area contributed by atoms with E-state index in [0.717, 1.165) is 5.56 Å². The monoisotopic (exact) mass is 492 g/mol. The zero-order chi connectivity index (χ0) is 24.1. The van der Waals surface area contributed by atoms with Gasteiger partial charge in [0.2, 0.25) is 0 Å². The van der Waals surface area contributed by atoms with Gasteiger partial charge < -0.3 is 9.47 Å². The number of rotatable bonds is 7. The Morgan fingerprint density at radius 1 is 0.971 bits per heavy atom. The molecule has 172 valence electrons. The maximum Gasteiger partial charge on any atom is 0.270 e. The van der Waals surface area contributed by atoms with Gasteiger partial charge in [-0.1, -0.05) is 54.1 Å². The summed E-state index contributed by atoms with van der Waals surface area (Å²) in [5.74, 6) is -0.0467. The zero-order valence-corrected chi connectivity index (χ0v) is 19.9. The van der Waals surface area contributed by atoms with Crippen molar-refractivity contribution in [2.45, 2.75) is 13.5 Å². The molecule has 1 N–H and O–H groups in total. The van der Waals surface area contributed by atoms with Gasteiger partial charge in [-0.05, 0) is 61.1 Å². The van der Waals surface area contributed by atoms with Gasteiger partial charge in [0.1, 0.15) is 12.2 Å². The molecule has 0 spiro atoms. The Morgan fingerprint density at radius 2 is 1.71 bits per heavy atom. The van der Waals surface area contributed by atoms with Gasteiger partial charge in [-0.25, -0.2) is 0 Å². The number of nitrogens with zero attached hydrogens (tertiary/aromatic N) is 1. The first-order chi connectivity index (χ1) is 16.5. The van der Waals surface area contributed by atoms with E-state index in [1.165, 1.54) is 11.0 Å². The highest BCUT2D eigenvalue weighted by Crippen LogP contribution is 2.31. The quantitative estimate of drug-likeness (QED) is 0.281. The van der Waals surface area contributed by atoms with Gasteiger partial charge in [-0.2, -0.15) is 0 Å². The second-order valence-electron chi connectivity index (χ2n) is 7.31. The summed E-state index contributed by atoms with van der Waals surface area (Å²) in [4.78, 5) is 27.0. The molecule has 3 aromatic carbocycles. The molecule has 3 aromatic rings. The Bertz CT molecular complexity index is 1280. The smallest absolute Gasteiger partial charge is 0.270 e. The van der Waals surface area contributed by atoms with E-state index in [1.54, 1.807) is 48.5 Å². The molecule has 1 heterocycles. The topological polar surface area (TPSA) is 67.9 Å². The Kier molecular flexibility index (Phi) is 7.25. The van der Waals surface area contributed by atoms with Gasteiger partial charge in [0.05, 0.1) is 12.3 Å². The number of thiocarbonyl (C=S) groups is 1. The van der Waals surface area contributed by atoms with Crippen LogP contribution in [-0.4, -0.2) is 23.5 Å². The number of para-hydroxylation sites is 1. The number of carbonyl (C=O) groups excluding carboxylic acids is 2. The largest absolute Gasteiger partial charge is 0.490 e. The van der Waals surface area contributed by atoms with Crippen molar-refractivity contribution in [3.63, 3.8) is 0 Å². The molecular weight excluding hydrogens is 472 g/mol. The van der Waals surface area contributed by atoms with Crippen molar-refractivity contribution >= 4 is 52.5 Å². The molecule has 0 unspecified atom stereocenters. The molecule has 1 aliphatic rings. The fraction of sp³-hybridized carbons (Fsp3) is 0.115. The Labute approximate surface area is 207 Å². The summed E-state index contributed by atoms with van der Waals surface area (Å²) >= 11 is 11.4. The highest BCUT2D eigenvalue weighted by atomic mass is 35.5. The predicted octanol–water partition coefficient (Wildman–Crippen LogP) is 5.15. The highest BCUT2D eigenvalue weighted by molar-refractivity contribution is 7.80. The van der Waals surface area contributed by atoms with Gasteiger partial charge in [0.15, 0.2) is 16.6 Å². The lowest BCUT2D eigenvalue weighted by Crippen LogP contribution is -2.54. The summed E-state index contributed by atoms with van der Waals surface area (Å²) in [6, 6.07) is 21.6. The lowest BCUT2D eigenvalue weighted by atomic mass is 10.1. The fourth-order valence-electron chi connectivity index (χ4n) is 3.41. The second-order valence-corrected chi connectivity index (χ2v) is 8.11. The Hall–Kier alpha value is -3.68. The van der Waals surface area contributed by atoms with Gasteiger partial charge in [-0.3, -0.25) is 19.8 Å². The summed E-state index contributed by atoms with van der Waals surface area (Å²) < 4.78 is 11.7. The number of halogens is 1. The van der Waals surface area contributed by atoms with Crippen LogP contribution in [0.3, 0.4) is 0 Å². The highest BCUT2D eigenvalue weighted by Gasteiger charge is 2.34. The van der Waals surface area contributed by atoms with E-state index in [1.807, 2.05) is 31.2 Å². The molecule has 0 atom stereocenters. The molecule has 8 heteroatoms. The summed E-state index contributed by atoms with van der Waals surface area (Å²) in [6.07, 6.45) is 1.51. The van der Waals surface area contributed by atoms with Crippen molar-refractivity contribution in [3.05, 3.63) is 94.5 Å². The Morgan fingerprint density at radius 3 is 2.44 bits per heavy atom. The molecule has 0 aliphatic carbocycles.